The van der Waals surface area contributed by atoms with Crippen LogP contribution in [0, 0.1) is 5.41 Å². The molecule has 0 aliphatic carbocycles. The van der Waals surface area contributed by atoms with E-state index in [4.69, 9.17) is 5.73 Å². The average Bonchev–Trinajstić information content (AvgIpc) is 2.72. The standard InChI is InChI=1S/C8H16N6/c9-6-8(1-3-10-4-2-8)5-7-11-13-14-12-7/h10H,1-6,9H2,(H,11,12,13,14). The minimum absolute atomic E-state index is 0.176. The molecule has 0 unspecified atom stereocenters. The molecule has 1 aromatic rings. The van der Waals surface area contributed by atoms with E-state index in [-0.39, 0.29) is 5.41 Å². The number of piperidine rings is 1. The highest BCUT2D eigenvalue weighted by Crippen LogP contribution is 2.30. The molecule has 0 spiro atoms. The van der Waals surface area contributed by atoms with E-state index >= 15 is 0 Å². The van der Waals surface area contributed by atoms with E-state index in [1.165, 1.54) is 0 Å². The van der Waals surface area contributed by atoms with Crippen molar-refractivity contribution in [1.82, 2.24) is 25.9 Å². The van der Waals surface area contributed by atoms with Crippen molar-refractivity contribution in [2.75, 3.05) is 19.6 Å². The first kappa shape index (κ1) is 9.54. The van der Waals surface area contributed by atoms with E-state index in [0.717, 1.165) is 38.2 Å². The zero-order valence-electron chi connectivity index (χ0n) is 8.16. The van der Waals surface area contributed by atoms with Gasteiger partial charge in [0.2, 0.25) is 0 Å². The Hall–Kier alpha value is -1.01. The summed E-state index contributed by atoms with van der Waals surface area (Å²) in [6.07, 6.45) is 3.03. The van der Waals surface area contributed by atoms with Crippen molar-refractivity contribution in [2.45, 2.75) is 19.3 Å². The van der Waals surface area contributed by atoms with Gasteiger partial charge in [0.05, 0.1) is 0 Å². The molecule has 2 heterocycles. The number of rotatable bonds is 3. The number of H-pyrrole nitrogens is 1. The maximum absolute atomic E-state index is 5.84. The molecule has 0 saturated carbocycles. The molecule has 1 aliphatic rings. The van der Waals surface area contributed by atoms with Crippen molar-refractivity contribution < 1.29 is 0 Å². The van der Waals surface area contributed by atoms with E-state index in [0.29, 0.717) is 6.54 Å². The quantitative estimate of drug-likeness (QED) is 0.581. The van der Waals surface area contributed by atoms with Gasteiger partial charge in [-0.05, 0) is 37.9 Å². The first-order chi connectivity index (χ1) is 6.85. The second kappa shape index (κ2) is 4.02. The molecular formula is C8H16N6. The van der Waals surface area contributed by atoms with Crippen LogP contribution in [0.1, 0.15) is 18.7 Å². The van der Waals surface area contributed by atoms with Crippen LogP contribution < -0.4 is 11.1 Å². The largest absolute Gasteiger partial charge is 0.330 e. The molecule has 0 amide bonds. The van der Waals surface area contributed by atoms with Crippen molar-refractivity contribution in [2.24, 2.45) is 11.1 Å². The summed E-state index contributed by atoms with van der Waals surface area (Å²) in [5.74, 6) is 0.775. The van der Waals surface area contributed by atoms with Crippen LogP contribution in [-0.2, 0) is 6.42 Å². The van der Waals surface area contributed by atoms with Gasteiger partial charge in [-0.15, -0.1) is 10.2 Å². The van der Waals surface area contributed by atoms with Crippen LogP contribution >= 0.6 is 0 Å². The number of hydrogen-bond acceptors (Lipinski definition) is 5. The van der Waals surface area contributed by atoms with E-state index < -0.39 is 0 Å². The summed E-state index contributed by atoms with van der Waals surface area (Å²) in [4.78, 5) is 0. The third kappa shape index (κ3) is 1.91. The van der Waals surface area contributed by atoms with Crippen molar-refractivity contribution >= 4 is 0 Å². The maximum Gasteiger partial charge on any atom is 0.175 e. The van der Waals surface area contributed by atoms with Gasteiger partial charge in [0, 0.05) is 6.42 Å². The summed E-state index contributed by atoms with van der Waals surface area (Å²) in [5.41, 5.74) is 6.02. The Kier molecular flexibility index (Phi) is 2.74. The lowest BCUT2D eigenvalue weighted by Crippen LogP contribution is -2.43. The van der Waals surface area contributed by atoms with Gasteiger partial charge < -0.3 is 11.1 Å². The van der Waals surface area contributed by atoms with Crippen molar-refractivity contribution in [3.05, 3.63) is 5.82 Å². The van der Waals surface area contributed by atoms with Gasteiger partial charge in [0.25, 0.3) is 0 Å². The third-order valence-electron chi connectivity index (χ3n) is 3.02. The van der Waals surface area contributed by atoms with Crippen LogP contribution in [0.4, 0.5) is 0 Å². The fourth-order valence-corrected chi connectivity index (χ4v) is 2.00. The predicted molar refractivity (Wildman–Crippen MR) is 51.5 cm³/mol. The average molecular weight is 196 g/mol. The maximum atomic E-state index is 5.84. The van der Waals surface area contributed by atoms with E-state index in [9.17, 15) is 0 Å². The van der Waals surface area contributed by atoms with Crippen LogP contribution in [0.3, 0.4) is 0 Å². The lowest BCUT2D eigenvalue weighted by molar-refractivity contribution is 0.206. The molecule has 0 bridgehead atoms. The molecule has 1 saturated heterocycles. The summed E-state index contributed by atoms with van der Waals surface area (Å²) in [5, 5.41) is 17.3. The number of aromatic nitrogens is 4. The molecule has 2 rings (SSSR count). The zero-order chi connectivity index (χ0) is 9.86. The van der Waals surface area contributed by atoms with Crippen molar-refractivity contribution in [3.8, 4) is 0 Å². The Balaban J connectivity index is 2.04. The number of nitrogens with zero attached hydrogens (tertiary/aromatic N) is 3. The summed E-state index contributed by atoms with van der Waals surface area (Å²) in [6, 6.07) is 0. The minimum atomic E-state index is 0.176. The molecule has 14 heavy (non-hydrogen) atoms. The molecule has 4 N–H and O–H groups in total. The van der Waals surface area contributed by atoms with E-state index in [1.807, 2.05) is 0 Å². The lowest BCUT2D eigenvalue weighted by Gasteiger charge is -2.35. The second-order valence-corrected chi connectivity index (χ2v) is 3.96. The molecule has 6 heteroatoms. The first-order valence-corrected chi connectivity index (χ1v) is 4.98. The fourth-order valence-electron chi connectivity index (χ4n) is 2.00. The summed E-state index contributed by atoms with van der Waals surface area (Å²) in [7, 11) is 0. The Labute approximate surface area is 82.6 Å². The SMILES string of the molecule is NCC1(Cc2nn[nH]n2)CCNCC1. The first-order valence-electron chi connectivity index (χ1n) is 4.98. The van der Waals surface area contributed by atoms with Gasteiger partial charge in [-0.3, -0.25) is 0 Å². The molecule has 1 aromatic heterocycles. The highest BCUT2D eigenvalue weighted by Gasteiger charge is 2.32. The van der Waals surface area contributed by atoms with E-state index in [1.54, 1.807) is 0 Å². The molecule has 1 aliphatic heterocycles. The summed E-state index contributed by atoms with van der Waals surface area (Å²) >= 11 is 0. The van der Waals surface area contributed by atoms with Crippen LogP contribution in [0.5, 0.6) is 0 Å². The Morgan fingerprint density at radius 3 is 2.71 bits per heavy atom. The fraction of sp³-hybridized carbons (Fsp3) is 0.875. The van der Waals surface area contributed by atoms with Gasteiger partial charge in [-0.1, -0.05) is 5.21 Å². The minimum Gasteiger partial charge on any atom is -0.330 e. The van der Waals surface area contributed by atoms with Crippen LogP contribution in [0.25, 0.3) is 0 Å². The van der Waals surface area contributed by atoms with Gasteiger partial charge >= 0.3 is 0 Å². The molecule has 6 nitrogen and oxygen atoms in total. The summed E-state index contributed by atoms with van der Waals surface area (Å²) in [6.45, 7) is 2.77. The second-order valence-electron chi connectivity index (χ2n) is 3.96. The van der Waals surface area contributed by atoms with Crippen LogP contribution in [0.2, 0.25) is 0 Å². The highest BCUT2D eigenvalue weighted by atomic mass is 15.5. The van der Waals surface area contributed by atoms with Crippen molar-refractivity contribution in [3.63, 3.8) is 0 Å². The Bertz CT molecular complexity index is 263. The summed E-state index contributed by atoms with van der Waals surface area (Å²) < 4.78 is 0. The number of nitrogens with one attached hydrogen (secondary N) is 2. The van der Waals surface area contributed by atoms with Gasteiger partial charge in [-0.2, -0.15) is 5.21 Å². The molecule has 78 valence electrons. The number of nitrogens with two attached hydrogens (primary N) is 1. The van der Waals surface area contributed by atoms with Crippen molar-refractivity contribution in [1.29, 1.82) is 0 Å². The molecule has 0 radical (unpaired) electrons. The monoisotopic (exact) mass is 196 g/mol. The molecular weight excluding hydrogens is 180 g/mol. The Morgan fingerprint density at radius 2 is 2.14 bits per heavy atom. The normalized spacial score (nSPS) is 20.9. The molecule has 0 atom stereocenters. The van der Waals surface area contributed by atoms with Gasteiger partial charge in [0.1, 0.15) is 0 Å². The van der Waals surface area contributed by atoms with Gasteiger partial charge in [0.15, 0.2) is 5.82 Å². The van der Waals surface area contributed by atoms with Gasteiger partial charge in [-0.25, -0.2) is 0 Å². The highest BCUT2D eigenvalue weighted by molar-refractivity contribution is 4.93. The van der Waals surface area contributed by atoms with Crippen LogP contribution in [0.15, 0.2) is 0 Å². The number of aromatic amines is 1. The number of tetrazole rings is 1. The zero-order valence-corrected chi connectivity index (χ0v) is 8.16. The van der Waals surface area contributed by atoms with E-state index in [2.05, 4.69) is 25.9 Å². The third-order valence-corrected chi connectivity index (χ3v) is 3.02. The molecule has 0 aromatic carbocycles. The Morgan fingerprint density at radius 1 is 1.36 bits per heavy atom. The number of hydrogen-bond donors (Lipinski definition) is 3. The predicted octanol–water partition coefficient (Wildman–Crippen LogP) is -0.929. The smallest absolute Gasteiger partial charge is 0.175 e. The topological polar surface area (TPSA) is 92.5 Å². The molecule has 1 fully saturated rings. The van der Waals surface area contributed by atoms with Crippen LogP contribution in [-0.4, -0.2) is 40.3 Å². The lowest BCUT2D eigenvalue weighted by atomic mass is 9.76.